The molecule has 0 unspecified atom stereocenters. The minimum atomic E-state index is -0.795. The van der Waals surface area contributed by atoms with Crippen LogP contribution in [-0.2, 0) is 22.7 Å². The summed E-state index contributed by atoms with van der Waals surface area (Å²) in [5, 5.41) is 6.51. The summed E-state index contributed by atoms with van der Waals surface area (Å²) in [4.78, 5) is 47.1. The van der Waals surface area contributed by atoms with Crippen molar-refractivity contribution in [3.05, 3.63) is 95.6 Å². The Labute approximate surface area is 252 Å². The zero-order valence-electron chi connectivity index (χ0n) is 24.7. The van der Waals surface area contributed by atoms with Gasteiger partial charge >= 0.3 is 6.03 Å². The molecule has 3 aliphatic rings. The smallest absolute Gasteiger partial charge is 0.332 e. The van der Waals surface area contributed by atoms with E-state index in [1.165, 1.54) is 0 Å². The molecular weight excluding hydrogens is 544 g/mol. The molecule has 0 radical (unpaired) electrons. The average molecular weight is 583 g/mol. The molecule has 6 rings (SSSR count). The quantitative estimate of drug-likeness (QED) is 0.437. The number of amides is 4. The molecule has 3 aromatic rings. The van der Waals surface area contributed by atoms with Crippen LogP contribution in [0.1, 0.15) is 36.1 Å². The highest BCUT2D eigenvalue weighted by molar-refractivity contribution is 5.92. The van der Waals surface area contributed by atoms with E-state index in [1.54, 1.807) is 9.91 Å². The van der Waals surface area contributed by atoms with E-state index < -0.39 is 12.2 Å². The van der Waals surface area contributed by atoms with Crippen molar-refractivity contribution in [3.63, 3.8) is 0 Å². The van der Waals surface area contributed by atoms with Crippen LogP contribution in [0.2, 0.25) is 0 Å². The molecule has 2 atom stereocenters. The second-order valence-corrected chi connectivity index (χ2v) is 11.2. The summed E-state index contributed by atoms with van der Waals surface area (Å²) in [7, 11) is 2.04. The number of benzene rings is 3. The van der Waals surface area contributed by atoms with E-state index in [0.717, 1.165) is 34.7 Å². The maximum atomic E-state index is 14.2. The molecule has 1 N–H and O–H groups in total. The number of hydrogen-bond donors (Lipinski definition) is 1. The summed E-state index contributed by atoms with van der Waals surface area (Å²) in [6.07, 6.45) is 0.203. The molecule has 43 heavy (non-hydrogen) atoms. The molecule has 10 heteroatoms. The minimum absolute atomic E-state index is 0.0164. The fourth-order valence-electron chi connectivity index (χ4n) is 6.24. The molecule has 4 amide bonds. The van der Waals surface area contributed by atoms with Crippen LogP contribution in [0.5, 0.6) is 5.75 Å². The Morgan fingerprint density at radius 2 is 1.74 bits per heavy atom. The normalized spacial score (nSPS) is 20.0. The van der Waals surface area contributed by atoms with Crippen molar-refractivity contribution in [3.8, 4) is 5.75 Å². The number of carbonyl (C=O) groups excluding carboxylic acids is 3. The number of nitrogens with zero attached hydrogens (tertiary/aromatic N) is 5. The molecule has 3 heterocycles. The van der Waals surface area contributed by atoms with Crippen molar-refractivity contribution >= 4 is 23.5 Å². The molecule has 0 aromatic heterocycles. The molecule has 224 valence electrons. The van der Waals surface area contributed by atoms with Gasteiger partial charge in [-0.1, -0.05) is 79.7 Å². The van der Waals surface area contributed by atoms with Gasteiger partial charge in [0.15, 0.2) is 0 Å². The largest absolute Gasteiger partial charge is 0.489 e. The van der Waals surface area contributed by atoms with Crippen molar-refractivity contribution in [2.45, 2.75) is 38.6 Å². The summed E-state index contributed by atoms with van der Waals surface area (Å²) in [6, 6.07) is 24.1. The van der Waals surface area contributed by atoms with E-state index in [-0.39, 0.29) is 30.9 Å². The standard InChI is InChI=1S/C33H38N6O4/c1-3-17-37(33(42)34-20-24-11-6-4-7-12-24)38-23-29(40)39-28(38)22-36(32(41)30(39)25-13-8-5-9-14-25)21-26-15-10-16-27-31(26)43-19-18-35(27)2/h4-16,28,30H,3,17-23H2,1-2H3,(H,34,42)/t28-,30+/m1/s1. The number of rotatable bonds is 8. The zero-order chi connectivity index (χ0) is 29.9. The molecule has 0 spiro atoms. The number of hydrogen-bond acceptors (Lipinski definition) is 6. The molecule has 3 aliphatic heterocycles. The number of urea groups is 1. The first-order valence-corrected chi connectivity index (χ1v) is 14.9. The first-order valence-electron chi connectivity index (χ1n) is 14.9. The van der Waals surface area contributed by atoms with Gasteiger partial charge in [0.25, 0.3) is 5.91 Å². The predicted octanol–water partition coefficient (Wildman–Crippen LogP) is 3.61. The highest BCUT2D eigenvalue weighted by Crippen LogP contribution is 2.39. The summed E-state index contributed by atoms with van der Waals surface area (Å²) < 4.78 is 6.09. The molecule has 0 bridgehead atoms. The van der Waals surface area contributed by atoms with E-state index in [2.05, 4.69) is 10.2 Å². The zero-order valence-corrected chi connectivity index (χ0v) is 24.7. The Kier molecular flexibility index (Phi) is 8.20. The SMILES string of the molecule is CCCN(C(=O)NCc1ccccc1)N1CC(=O)N2[C@@H](c3ccccc3)C(=O)N(Cc3cccc4c3OCCN4C)C[C@@H]21. The van der Waals surface area contributed by atoms with Gasteiger partial charge in [0.2, 0.25) is 5.91 Å². The van der Waals surface area contributed by atoms with Gasteiger partial charge < -0.3 is 24.8 Å². The van der Waals surface area contributed by atoms with Gasteiger partial charge in [0.05, 0.1) is 25.3 Å². The van der Waals surface area contributed by atoms with Gasteiger partial charge in [-0.15, -0.1) is 0 Å². The maximum absolute atomic E-state index is 14.2. The van der Waals surface area contributed by atoms with Gasteiger partial charge in [-0.2, -0.15) is 5.01 Å². The molecule has 0 saturated carbocycles. The van der Waals surface area contributed by atoms with Crippen LogP contribution in [0.15, 0.2) is 78.9 Å². The first-order chi connectivity index (χ1) is 21.0. The highest BCUT2D eigenvalue weighted by atomic mass is 16.5. The molecular formula is C33H38N6O4. The van der Waals surface area contributed by atoms with Gasteiger partial charge in [-0.3, -0.25) is 14.6 Å². The summed E-state index contributed by atoms with van der Waals surface area (Å²) in [5.41, 5.74) is 3.65. The van der Waals surface area contributed by atoms with E-state index >= 15 is 0 Å². The lowest BCUT2D eigenvalue weighted by Crippen LogP contribution is -2.62. The van der Waals surface area contributed by atoms with Crippen LogP contribution in [0.3, 0.4) is 0 Å². The third kappa shape index (κ3) is 5.62. The first kappa shape index (κ1) is 28.5. The lowest BCUT2D eigenvalue weighted by atomic mass is 9.99. The second-order valence-electron chi connectivity index (χ2n) is 11.2. The van der Waals surface area contributed by atoms with E-state index in [0.29, 0.717) is 32.7 Å². The number of anilines is 1. The van der Waals surface area contributed by atoms with Crippen LogP contribution in [0.25, 0.3) is 0 Å². The van der Waals surface area contributed by atoms with Crippen molar-refractivity contribution in [1.29, 1.82) is 0 Å². The van der Waals surface area contributed by atoms with Crippen LogP contribution in [0, 0.1) is 0 Å². The minimum Gasteiger partial charge on any atom is -0.489 e. The van der Waals surface area contributed by atoms with E-state index in [9.17, 15) is 14.4 Å². The lowest BCUT2D eigenvalue weighted by molar-refractivity contribution is -0.158. The number of hydrazine groups is 1. The van der Waals surface area contributed by atoms with Gasteiger partial charge in [-0.05, 0) is 23.6 Å². The number of fused-ring (bicyclic) bond motifs is 2. The molecule has 10 nitrogen and oxygen atoms in total. The van der Waals surface area contributed by atoms with Gasteiger partial charge in [0.1, 0.15) is 24.6 Å². The number of nitrogens with one attached hydrogen (secondary N) is 1. The summed E-state index contributed by atoms with van der Waals surface area (Å²) in [5.74, 6) is 0.468. The summed E-state index contributed by atoms with van der Waals surface area (Å²) in [6.45, 7) is 4.80. The molecule has 3 aromatic carbocycles. The number of para-hydroxylation sites is 1. The fourth-order valence-corrected chi connectivity index (χ4v) is 6.24. The van der Waals surface area contributed by atoms with E-state index in [4.69, 9.17) is 4.74 Å². The third-order valence-corrected chi connectivity index (χ3v) is 8.36. The maximum Gasteiger partial charge on any atom is 0.332 e. The number of carbonyl (C=O) groups is 3. The van der Waals surface area contributed by atoms with Gasteiger partial charge in [-0.25, -0.2) is 4.79 Å². The lowest BCUT2D eigenvalue weighted by Gasteiger charge is -2.46. The Balaban J connectivity index is 1.32. The molecule has 2 fully saturated rings. The van der Waals surface area contributed by atoms with Crippen LogP contribution in [0.4, 0.5) is 10.5 Å². The second kappa shape index (κ2) is 12.3. The number of ether oxygens (including phenoxy) is 1. The van der Waals surface area contributed by atoms with Crippen molar-refractivity contribution in [2.75, 3.05) is 44.7 Å². The Morgan fingerprint density at radius 3 is 2.49 bits per heavy atom. The van der Waals surface area contributed by atoms with E-state index in [1.807, 2.05) is 103 Å². The Bertz CT molecular complexity index is 1470. The van der Waals surface area contributed by atoms with Crippen LogP contribution < -0.4 is 15.0 Å². The topological polar surface area (TPSA) is 88.7 Å². The Hall–Kier alpha value is -4.57. The Morgan fingerprint density at radius 1 is 1.00 bits per heavy atom. The number of piperazine rings is 1. The number of likely N-dealkylation sites (N-methyl/N-ethyl adjacent to an activating group) is 1. The van der Waals surface area contributed by atoms with Crippen LogP contribution >= 0.6 is 0 Å². The van der Waals surface area contributed by atoms with Gasteiger partial charge in [0, 0.05) is 32.2 Å². The molecule has 0 aliphatic carbocycles. The van der Waals surface area contributed by atoms with Crippen molar-refractivity contribution in [2.24, 2.45) is 0 Å². The fraction of sp³-hybridized carbons (Fsp3) is 0.364. The monoisotopic (exact) mass is 582 g/mol. The molecule has 2 saturated heterocycles. The van der Waals surface area contributed by atoms with Crippen molar-refractivity contribution in [1.82, 2.24) is 25.1 Å². The highest BCUT2D eigenvalue weighted by Gasteiger charge is 2.52. The predicted molar refractivity (Wildman–Crippen MR) is 163 cm³/mol. The third-order valence-electron chi connectivity index (χ3n) is 8.36. The van der Waals surface area contributed by atoms with Crippen LogP contribution in [-0.4, -0.2) is 83.7 Å². The summed E-state index contributed by atoms with van der Waals surface area (Å²) >= 11 is 0. The van der Waals surface area contributed by atoms with Crippen molar-refractivity contribution < 1.29 is 19.1 Å². The average Bonchev–Trinajstić information content (AvgIpc) is 3.35.